The van der Waals surface area contributed by atoms with E-state index in [9.17, 15) is 9.59 Å². The van der Waals surface area contributed by atoms with Crippen LogP contribution in [0.2, 0.25) is 0 Å². The van der Waals surface area contributed by atoms with Crippen molar-refractivity contribution < 1.29 is 28.5 Å². The Morgan fingerprint density at radius 2 is 1.59 bits per heavy atom. The lowest BCUT2D eigenvalue weighted by Gasteiger charge is -2.14. The van der Waals surface area contributed by atoms with Gasteiger partial charge in [-0.05, 0) is 31.2 Å². The molecule has 8 heteroatoms. The Balaban J connectivity index is 1.90. The summed E-state index contributed by atoms with van der Waals surface area (Å²) in [4.78, 5) is 30.5. The molecule has 0 radical (unpaired) electrons. The number of esters is 1. The molecule has 34 heavy (non-hydrogen) atoms. The molecule has 0 aliphatic carbocycles. The van der Waals surface area contributed by atoms with Gasteiger partial charge in [0.05, 0.1) is 50.4 Å². The molecule has 174 valence electrons. The molecule has 0 bridgehead atoms. The number of hydrogen-bond donors (Lipinski definition) is 0. The fraction of sp³-hybridized carbons (Fsp3) is 0.192. The van der Waals surface area contributed by atoms with E-state index in [2.05, 4.69) is 4.98 Å². The molecule has 0 amide bonds. The number of nitrogens with zero attached hydrogens (tertiary/aromatic N) is 2. The Morgan fingerprint density at radius 3 is 2.18 bits per heavy atom. The van der Waals surface area contributed by atoms with Gasteiger partial charge in [0.2, 0.25) is 11.5 Å². The first-order valence-electron chi connectivity index (χ1n) is 10.6. The van der Waals surface area contributed by atoms with Gasteiger partial charge in [-0.15, -0.1) is 0 Å². The number of methoxy groups -OCH3 is 3. The summed E-state index contributed by atoms with van der Waals surface area (Å²) in [5.41, 5.74) is 2.82. The number of aromatic nitrogens is 2. The molecule has 4 aromatic rings. The minimum Gasteiger partial charge on any atom is -0.493 e. The van der Waals surface area contributed by atoms with Crippen molar-refractivity contribution in [2.24, 2.45) is 0 Å². The number of rotatable bonds is 8. The van der Waals surface area contributed by atoms with Crippen LogP contribution >= 0.6 is 0 Å². The maximum absolute atomic E-state index is 13.2. The first kappa shape index (κ1) is 22.8. The largest absolute Gasteiger partial charge is 0.493 e. The van der Waals surface area contributed by atoms with E-state index in [0.29, 0.717) is 45.3 Å². The Labute approximate surface area is 196 Å². The van der Waals surface area contributed by atoms with Crippen molar-refractivity contribution in [2.75, 3.05) is 27.9 Å². The van der Waals surface area contributed by atoms with Crippen LogP contribution in [0.1, 0.15) is 33.3 Å². The van der Waals surface area contributed by atoms with Crippen LogP contribution in [0.5, 0.6) is 17.2 Å². The normalized spacial score (nSPS) is 10.7. The summed E-state index contributed by atoms with van der Waals surface area (Å²) in [5.74, 6) is 0.655. The third-order valence-corrected chi connectivity index (χ3v) is 5.39. The number of hydrogen-bond acceptors (Lipinski definition) is 7. The van der Waals surface area contributed by atoms with E-state index in [0.717, 1.165) is 0 Å². The van der Waals surface area contributed by atoms with E-state index in [-0.39, 0.29) is 18.0 Å². The monoisotopic (exact) mass is 460 g/mol. The summed E-state index contributed by atoms with van der Waals surface area (Å²) in [7, 11) is 4.60. The smallest absolute Gasteiger partial charge is 0.340 e. The van der Waals surface area contributed by atoms with Gasteiger partial charge in [-0.1, -0.05) is 30.3 Å². The standard InChI is InChI=1S/C26H24N2O6/c1-5-34-26(30)18-13-21(24(29)16-9-7-6-8-10-16)28-15-27-19(14-20(18)28)17-11-22(31-2)25(33-4)23(12-17)32-3/h6-15H,5H2,1-4H3. The lowest BCUT2D eigenvalue weighted by atomic mass is 10.1. The first-order chi connectivity index (χ1) is 16.5. The summed E-state index contributed by atoms with van der Waals surface area (Å²) in [6, 6.07) is 15.7. The molecule has 0 saturated heterocycles. The highest BCUT2D eigenvalue weighted by molar-refractivity contribution is 6.11. The summed E-state index contributed by atoms with van der Waals surface area (Å²) in [6.45, 7) is 1.94. The van der Waals surface area contributed by atoms with Crippen LogP contribution in [-0.4, -0.2) is 49.1 Å². The molecule has 2 aromatic heterocycles. The predicted octanol–water partition coefficient (Wildman–Crippen LogP) is 4.43. The maximum atomic E-state index is 13.2. The molecule has 0 aliphatic heterocycles. The molecule has 0 aliphatic rings. The second kappa shape index (κ2) is 9.66. The van der Waals surface area contributed by atoms with Crippen LogP contribution in [0.25, 0.3) is 16.8 Å². The fourth-order valence-corrected chi connectivity index (χ4v) is 3.77. The molecule has 8 nitrogen and oxygen atoms in total. The number of carbonyl (C=O) groups is 2. The number of benzene rings is 2. The van der Waals surface area contributed by atoms with E-state index >= 15 is 0 Å². The fourth-order valence-electron chi connectivity index (χ4n) is 3.77. The highest BCUT2D eigenvalue weighted by Gasteiger charge is 2.23. The second-order valence-electron chi connectivity index (χ2n) is 7.30. The second-order valence-corrected chi connectivity index (χ2v) is 7.30. The van der Waals surface area contributed by atoms with Crippen LogP contribution < -0.4 is 14.2 Å². The van der Waals surface area contributed by atoms with Crippen LogP contribution in [0.3, 0.4) is 0 Å². The summed E-state index contributed by atoms with van der Waals surface area (Å²) in [5, 5.41) is 0. The Kier molecular flexibility index (Phi) is 6.49. The minimum atomic E-state index is -0.519. The van der Waals surface area contributed by atoms with Gasteiger partial charge in [-0.3, -0.25) is 9.20 Å². The topological polar surface area (TPSA) is 88.4 Å². The summed E-state index contributed by atoms with van der Waals surface area (Å²) >= 11 is 0. The summed E-state index contributed by atoms with van der Waals surface area (Å²) < 4.78 is 23.1. The van der Waals surface area contributed by atoms with Crippen molar-refractivity contribution in [3.63, 3.8) is 0 Å². The quantitative estimate of drug-likeness (QED) is 0.284. The predicted molar refractivity (Wildman–Crippen MR) is 126 cm³/mol. The lowest BCUT2D eigenvalue weighted by molar-refractivity contribution is 0.0529. The zero-order valence-electron chi connectivity index (χ0n) is 19.3. The molecule has 0 atom stereocenters. The van der Waals surface area contributed by atoms with Gasteiger partial charge in [0.1, 0.15) is 6.33 Å². The lowest BCUT2D eigenvalue weighted by Crippen LogP contribution is -2.05. The van der Waals surface area contributed by atoms with Crippen molar-refractivity contribution in [1.29, 1.82) is 0 Å². The molecule has 0 spiro atoms. The molecule has 2 aromatic carbocycles. The van der Waals surface area contributed by atoms with Crippen LogP contribution in [-0.2, 0) is 4.74 Å². The Bertz CT molecular complexity index is 1340. The summed E-state index contributed by atoms with van der Waals surface area (Å²) in [6.07, 6.45) is 1.52. The van der Waals surface area contributed by atoms with Gasteiger partial charge < -0.3 is 18.9 Å². The van der Waals surface area contributed by atoms with E-state index in [1.807, 2.05) is 6.07 Å². The van der Waals surface area contributed by atoms with Crippen LogP contribution in [0.4, 0.5) is 0 Å². The SMILES string of the molecule is CCOC(=O)c1cc(C(=O)c2ccccc2)n2cnc(-c3cc(OC)c(OC)c(OC)c3)cc12. The third-order valence-electron chi connectivity index (χ3n) is 5.39. The van der Waals surface area contributed by atoms with Gasteiger partial charge in [-0.2, -0.15) is 0 Å². The van der Waals surface area contributed by atoms with Gasteiger partial charge in [0.15, 0.2) is 11.5 Å². The number of ketones is 1. The van der Waals surface area contributed by atoms with E-state index < -0.39 is 5.97 Å². The van der Waals surface area contributed by atoms with Crippen LogP contribution in [0, 0.1) is 0 Å². The van der Waals surface area contributed by atoms with E-state index in [1.165, 1.54) is 27.7 Å². The van der Waals surface area contributed by atoms with E-state index in [1.54, 1.807) is 59.9 Å². The molecule has 0 fully saturated rings. The van der Waals surface area contributed by atoms with Gasteiger partial charge in [0.25, 0.3) is 0 Å². The molecule has 0 saturated carbocycles. The molecule has 0 unspecified atom stereocenters. The zero-order chi connectivity index (χ0) is 24.2. The highest BCUT2D eigenvalue weighted by Crippen LogP contribution is 2.41. The highest BCUT2D eigenvalue weighted by atomic mass is 16.5. The van der Waals surface area contributed by atoms with Gasteiger partial charge >= 0.3 is 5.97 Å². The van der Waals surface area contributed by atoms with Crippen molar-refractivity contribution in [2.45, 2.75) is 6.92 Å². The van der Waals surface area contributed by atoms with Crippen molar-refractivity contribution in [3.05, 3.63) is 77.7 Å². The van der Waals surface area contributed by atoms with Gasteiger partial charge in [0, 0.05) is 11.1 Å². The molecular formula is C26H24N2O6. The Hall–Kier alpha value is -4.33. The van der Waals surface area contributed by atoms with Crippen molar-refractivity contribution >= 4 is 17.3 Å². The van der Waals surface area contributed by atoms with Gasteiger partial charge in [-0.25, -0.2) is 9.78 Å². The Morgan fingerprint density at radius 1 is 0.912 bits per heavy atom. The minimum absolute atomic E-state index is 0.211. The molecule has 2 heterocycles. The number of carbonyl (C=O) groups excluding carboxylic acids is 2. The number of fused-ring (bicyclic) bond motifs is 1. The van der Waals surface area contributed by atoms with E-state index in [4.69, 9.17) is 18.9 Å². The molecule has 0 N–H and O–H groups in total. The molecule has 4 rings (SSSR count). The first-order valence-corrected chi connectivity index (χ1v) is 10.6. The third kappa shape index (κ3) is 4.05. The molecular weight excluding hydrogens is 436 g/mol. The van der Waals surface area contributed by atoms with Crippen LogP contribution in [0.15, 0.2) is 60.9 Å². The number of ether oxygens (including phenoxy) is 4. The zero-order valence-corrected chi connectivity index (χ0v) is 19.3. The average Bonchev–Trinajstić information content (AvgIpc) is 3.27. The van der Waals surface area contributed by atoms with Crippen molar-refractivity contribution in [3.8, 4) is 28.5 Å². The maximum Gasteiger partial charge on any atom is 0.340 e. The average molecular weight is 460 g/mol. The van der Waals surface area contributed by atoms with Crippen molar-refractivity contribution in [1.82, 2.24) is 9.38 Å².